The van der Waals surface area contributed by atoms with Gasteiger partial charge in [0.25, 0.3) is 5.91 Å². The molecule has 0 fully saturated rings. The number of carbonyl (C=O) groups is 2. The molecule has 1 aromatic heterocycles. The van der Waals surface area contributed by atoms with Gasteiger partial charge in [0.2, 0.25) is 0 Å². The molecule has 9 heteroatoms. The quantitative estimate of drug-likeness (QED) is 0.616. The zero-order valence-corrected chi connectivity index (χ0v) is 15.6. The fraction of sp³-hybridized carbons (Fsp3) is 0.105. The number of halogens is 4. The number of carbonyl (C=O) groups excluding carboxylic acids is 1. The molecule has 0 unspecified atom stereocenters. The van der Waals surface area contributed by atoms with E-state index in [1.165, 1.54) is 6.20 Å². The molecular weight excluding hydrogens is 441 g/mol. The van der Waals surface area contributed by atoms with E-state index in [9.17, 15) is 27.9 Å². The molecule has 0 spiro atoms. The van der Waals surface area contributed by atoms with Crippen LogP contribution in [0.1, 0.15) is 15.9 Å². The van der Waals surface area contributed by atoms with Crippen molar-refractivity contribution in [2.45, 2.75) is 12.5 Å². The van der Waals surface area contributed by atoms with Gasteiger partial charge in [-0.3, -0.25) is 9.78 Å². The number of carboxylic acids is 1. The molecule has 2 N–H and O–H groups in total. The molecule has 3 rings (SSSR count). The molecule has 0 aliphatic heterocycles. The minimum Gasteiger partial charge on any atom is -0.480 e. The lowest BCUT2D eigenvalue weighted by molar-refractivity contribution is -0.139. The number of hydrogen-bond donors (Lipinski definition) is 2. The number of aliphatic carboxylic acids is 1. The van der Waals surface area contributed by atoms with E-state index >= 15 is 0 Å². The van der Waals surface area contributed by atoms with E-state index < -0.39 is 47.4 Å². The van der Waals surface area contributed by atoms with Crippen LogP contribution < -0.4 is 5.32 Å². The highest BCUT2D eigenvalue weighted by molar-refractivity contribution is 9.10. The van der Waals surface area contributed by atoms with Gasteiger partial charge >= 0.3 is 5.97 Å². The minimum atomic E-state index is -1.62. The van der Waals surface area contributed by atoms with Crippen LogP contribution in [0.4, 0.5) is 13.2 Å². The number of fused-ring (bicyclic) bond motifs is 1. The van der Waals surface area contributed by atoms with Gasteiger partial charge in [-0.25, -0.2) is 18.0 Å². The molecule has 0 aliphatic rings. The first kappa shape index (κ1) is 19.8. The Morgan fingerprint density at radius 1 is 1.11 bits per heavy atom. The van der Waals surface area contributed by atoms with Crippen molar-refractivity contribution in [3.63, 3.8) is 0 Å². The second kappa shape index (κ2) is 7.97. The lowest BCUT2D eigenvalue weighted by Gasteiger charge is -2.17. The van der Waals surface area contributed by atoms with E-state index in [0.717, 1.165) is 24.3 Å². The third-order valence-electron chi connectivity index (χ3n) is 4.10. The van der Waals surface area contributed by atoms with Crippen LogP contribution in [0.25, 0.3) is 10.9 Å². The number of aromatic nitrogens is 1. The number of benzene rings is 2. The summed E-state index contributed by atoms with van der Waals surface area (Å²) in [6.07, 6.45) is 1.05. The lowest BCUT2D eigenvalue weighted by atomic mass is 10.00. The van der Waals surface area contributed by atoms with Crippen molar-refractivity contribution in [3.05, 3.63) is 75.6 Å². The number of nitrogens with zero attached hydrogens (tertiary/aromatic N) is 1. The molecule has 1 atom stereocenters. The maximum Gasteiger partial charge on any atom is 0.326 e. The zero-order chi connectivity index (χ0) is 20.4. The lowest BCUT2D eigenvalue weighted by Crippen LogP contribution is -2.43. The summed E-state index contributed by atoms with van der Waals surface area (Å²) in [5.74, 6) is -5.70. The highest BCUT2D eigenvalue weighted by Gasteiger charge is 2.27. The van der Waals surface area contributed by atoms with Crippen LogP contribution >= 0.6 is 15.9 Å². The Bertz CT molecular complexity index is 1070. The summed E-state index contributed by atoms with van der Waals surface area (Å²) in [5, 5.41) is 11.8. The van der Waals surface area contributed by atoms with Crippen LogP contribution in [0, 0.1) is 17.5 Å². The Kier molecular flexibility index (Phi) is 5.64. The Morgan fingerprint density at radius 2 is 1.79 bits per heavy atom. The standard InChI is InChI=1S/C19H12BrF3N2O3/c20-11-8-14(23)10(9-3-2-6-24-17(9)11)7-15(19(27)28)25-18(26)16-12(21)4-1-5-13(16)22/h1-6,8,15H,7H2,(H,25,26)(H,27,28)/t15-/m0/s1. The molecule has 3 aromatic rings. The van der Waals surface area contributed by atoms with Gasteiger partial charge in [-0.05, 0) is 45.8 Å². The van der Waals surface area contributed by atoms with Crippen LogP contribution in [-0.4, -0.2) is 28.0 Å². The topological polar surface area (TPSA) is 79.3 Å². The zero-order valence-electron chi connectivity index (χ0n) is 14.0. The summed E-state index contributed by atoms with van der Waals surface area (Å²) in [6.45, 7) is 0. The molecule has 5 nitrogen and oxygen atoms in total. The summed E-state index contributed by atoms with van der Waals surface area (Å²) < 4.78 is 42.4. The van der Waals surface area contributed by atoms with Gasteiger partial charge in [-0.2, -0.15) is 0 Å². The molecular formula is C19H12BrF3N2O3. The maximum absolute atomic E-state index is 14.5. The second-order valence-electron chi connectivity index (χ2n) is 5.88. The first-order chi connectivity index (χ1) is 13.3. The van der Waals surface area contributed by atoms with Crippen molar-refractivity contribution >= 4 is 38.7 Å². The van der Waals surface area contributed by atoms with Gasteiger partial charge in [-0.15, -0.1) is 0 Å². The van der Waals surface area contributed by atoms with Crippen molar-refractivity contribution in [2.75, 3.05) is 0 Å². The number of rotatable bonds is 5. The smallest absolute Gasteiger partial charge is 0.326 e. The van der Waals surface area contributed by atoms with Crippen molar-refractivity contribution in [3.8, 4) is 0 Å². The van der Waals surface area contributed by atoms with Gasteiger partial charge in [0, 0.05) is 22.5 Å². The monoisotopic (exact) mass is 452 g/mol. The van der Waals surface area contributed by atoms with Crippen LogP contribution in [0.15, 0.2) is 47.1 Å². The van der Waals surface area contributed by atoms with Gasteiger partial charge in [0.1, 0.15) is 29.1 Å². The normalized spacial score (nSPS) is 12.0. The third-order valence-corrected chi connectivity index (χ3v) is 4.71. The predicted molar refractivity (Wildman–Crippen MR) is 98.4 cm³/mol. The Labute approximate surface area is 165 Å². The molecule has 28 heavy (non-hydrogen) atoms. The van der Waals surface area contributed by atoms with Gasteiger partial charge < -0.3 is 10.4 Å². The van der Waals surface area contributed by atoms with E-state index in [-0.39, 0.29) is 5.56 Å². The maximum atomic E-state index is 14.5. The molecule has 0 bridgehead atoms. The van der Waals surface area contributed by atoms with E-state index in [4.69, 9.17) is 0 Å². The molecule has 0 radical (unpaired) electrons. The van der Waals surface area contributed by atoms with Gasteiger partial charge in [0.05, 0.1) is 5.52 Å². The highest BCUT2D eigenvalue weighted by atomic mass is 79.9. The Balaban J connectivity index is 1.96. The number of hydrogen-bond acceptors (Lipinski definition) is 3. The Morgan fingerprint density at radius 3 is 2.43 bits per heavy atom. The molecule has 0 aliphatic carbocycles. The fourth-order valence-electron chi connectivity index (χ4n) is 2.79. The number of carboxylic acid groups (broad SMARTS) is 1. The molecule has 144 valence electrons. The number of amides is 1. The van der Waals surface area contributed by atoms with Crippen LogP contribution in [0.5, 0.6) is 0 Å². The van der Waals surface area contributed by atoms with E-state index in [1.807, 2.05) is 0 Å². The second-order valence-corrected chi connectivity index (χ2v) is 6.74. The van der Waals surface area contributed by atoms with Crippen molar-refractivity contribution in [2.24, 2.45) is 0 Å². The van der Waals surface area contributed by atoms with Gasteiger partial charge in [0.15, 0.2) is 0 Å². The Hall–Kier alpha value is -2.94. The molecule has 2 aromatic carbocycles. The summed E-state index contributed by atoms with van der Waals surface area (Å²) in [7, 11) is 0. The number of nitrogens with one attached hydrogen (secondary N) is 1. The van der Waals surface area contributed by atoms with Crippen molar-refractivity contribution < 1.29 is 27.9 Å². The highest BCUT2D eigenvalue weighted by Crippen LogP contribution is 2.28. The van der Waals surface area contributed by atoms with E-state index in [1.54, 1.807) is 12.1 Å². The SMILES string of the molecule is O=C(N[C@@H](Cc1c(F)cc(Br)c2ncccc12)C(=O)O)c1c(F)cccc1F. The van der Waals surface area contributed by atoms with Crippen LogP contribution in [-0.2, 0) is 11.2 Å². The largest absolute Gasteiger partial charge is 0.480 e. The molecule has 1 heterocycles. The molecule has 1 amide bonds. The molecule has 0 saturated heterocycles. The number of pyridine rings is 1. The van der Waals surface area contributed by atoms with Crippen molar-refractivity contribution in [1.82, 2.24) is 10.3 Å². The molecule has 0 saturated carbocycles. The third kappa shape index (κ3) is 3.84. The first-order valence-electron chi connectivity index (χ1n) is 7.99. The van der Waals surface area contributed by atoms with Gasteiger partial charge in [-0.1, -0.05) is 12.1 Å². The van der Waals surface area contributed by atoms with Crippen molar-refractivity contribution in [1.29, 1.82) is 0 Å². The summed E-state index contributed by atoms with van der Waals surface area (Å²) in [5.41, 5.74) is -0.487. The average molecular weight is 453 g/mol. The summed E-state index contributed by atoms with van der Waals surface area (Å²) in [6, 6.07) is 5.46. The summed E-state index contributed by atoms with van der Waals surface area (Å²) >= 11 is 3.19. The fourth-order valence-corrected chi connectivity index (χ4v) is 3.31. The van der Waals surface area contributed by atoms with E-state index in [0.29, 0.717) is 15.4 Å². The average Bonchev–Trinajstić information content (AvgIpc) is 2.63. The van der Waals surface area contributed by atoms with E-state index in [2.05, 4.69) is 26.2 Å². The van der Waals surface area contributed by atoms with Crippen LogP contribution in [0.2, 0.25) is 0 Å². The van der Waals surface area contributed by atoms with Crippen LogP contribution in [0.3, 0.4) is 0 Å². The minimum absolute atomic E-state index is 0.00741. The first-order valence-corrected chi connectivity index (χ1v) is 8.78. The predicted octanol–water partition coefficient (Wildman–Crippen LogP) is 3.84. The summed E-state index contributed by atoms with van der Waals surface area (Å²) in [4.78, 5) is 28.0.